The van der Waals surface area contributed by atoms with Crippen LogP contribution in [0.3, 0.4) is 0 Å². The second kappa shape index (κ2) is 9.43. The fraction of sp³-hybridized carbons (Fsp3) is 0.455. The van der Waals surface area contributed by atoms with Gasteiger partial charge in [0, 0.05) is 32.6 Å². The molecule has 1 aromatic carbocycles. The first kappa shape index (κ1) is 22.5. The molecule has 0 spiro atoms. The zero-order chi connectivity index (χ0) is 22.7. The lowest BCUT2D eigenvalue weighted by atomic mass is 9.98. The molecule has 1 saturated heterocycles. The zero-order valence-electron chi connectivity index (χ0n) is 17.8. The topological polar surface area (TPSA) is 74.9 Å². The van der Waals surface area contributed by atoms with Gasteiger partial charge in [0.1, 0.15) is 5.82 Å². The van der Waals surface area contributed by atoms with Gasteiger partial charge < -0.3 is 20.1 Å². The summed E-state index contributed by atoms with van der Waals surface area (Å²) in [4.78, 5) is 11.3. The van der Waals surface area contributed by atoms with Crippen molar-refractivity contribution in [1.82, 2.24) is 19.7 Å². The first-order chi connectivity index (χ1) is 15.4. The summed E-state index contributed by atoms with van der Waals surface area (Å²) in [7, 11) is 0. The maximum absolute atomic E-state index is 13.4. The van der Waals surface area contributed by atoms with E-state index in [2.05, 4.69) is 20.2 Å². The highest BCUT2D eigenvalue weighted by Gasteiger charge is 2.33. The summed E-state index contributed by atoms with van der Waals surface area (Å²) < 4.78 is 47.6. The smallest absolute Gasteiger partial charge is 0.395 e. The first-order valence-electron chi connectivity index (χ1n) is 10.5. The Hall–Kier alpha value is -2.69. The summed E-state index contributed by atoms with van der Waals surface area (Å²) in [6, 6.07) is 4.27. The summed E-state index contributed by atoms with van der Waals surface area (Å²) in [5.41, 5.74) is 2.32. The quantitative estimate of drug-likeness (QED) is 0.540. The number of anilines is 1. The van der Waals surface area contributed by atoms with Gasteiger partial charge in [-0.15, -0.1) is 0 Å². The van der Waals surface area contributed by atoms with E-state index in [1.165, 1.54) is 13.0 Å². The number of aliphatic hydroxyl groups is 1. The molecule has 0 amide bonds. The van der Waals surface area contributed by atoms with Crippen molar-refractivity contribution < 1.29 is 23.0 Å². The van der Waals surface area contributed by atoms with E-state index < -0.39 is 11.7 Å². The van der Waals surface area contributed by atoms with E-state index >= 15 is 0 Å². The molecule has 1 aliphatic heterocycles. The molecule has 0 radical (unpaired) electrons. The van der Waals surface area contributed by atoms with Crippen LogP contribution in [0.4, 0.5) is 19.0 Å². The van der Waals surface area contributed by atoms with Gasteiger partial charge in [-0.05, 0) is 24.1 Å². The van der Waals surface area contributed by atoms with Crippen molar-refractivity contribution in [3.05, 3.63) is 58.7 Å². The molecule has 4 rings (SSSR count). The average molecular weight is 449 g/mol. The molecule has 10 heteroatoms. The third-order valence-electron chi connectivity index (χ3n) is 5.70. The van der Waals surface area contributed by atoms with Crippen molar-refractivity contribution in [1.29, 1.82) is 0 Å². The number of nitrogens with zero attached hydrogens (tertiary/aromatic N) is 4. The molecule has 7 nitrogen and oxygen atoms in total. The number of benzene rings is 1. The maximum Gasteiger partial charge on any atom is 0.416 e. The van der Waals surface area contributed by atoms with Crippen LogP contribution in [0.1, 0.15) is 28.1 Å². The predicted octanol–water partition coefficient (Wildman–Crippen LogP) is 2.57. The Morgan fingerprint density at radius 2 is 2.00 bits per heavy atom. The van der Waals surface area contributed by atoms with E-state index in [1.54, 1.807) is 12.3 Å². The number of morpholine rings is 1. The molecule has 0 unspecified atom stereocenters. The second-order valence-corrected chi connectivity index (χ2v) is 7.74. The number of alkyl halides is 3. The Morgan fingerprint density at radius 1 is 1.22 bits per heavy atom. The number of aromatic nitrogens is 3. The third kappa shape index (κ3) is 4.72. The maximum atomic E-state index is 13.4. The zero-order valence-corrected chi connectivity index (χ0v) is 17.8. The molecule has 0 aliphatic carbocycles. The van der Waals surface area contributed by atoms with Gasteiger partial charge in [0.25, 0.3) is 0 Å². The predicted molar refractivity (Wildman–Crippen MR) is 114 cm³/mol. The Balaban J connectivity index is 1.75. The van der Waals surface area contributed by atoms with Crippen LogP contribution in [-0.4, -0.2) is 58.9 Å². The number of aliphatic hydroxyl groups excluding tert-OH is 1. The fourth-order valence-corrected chi connectivity index (χ4v) is 3.97. The standard InChI is InChI=1S/C22H26F3N5O2/c1-15-16(3-2-4-17(15)22(23,24)25)11-19-18(12-26-5-8-31)28-20-13-27-21(14-30(19)20)29-6-9-32-10-7-29/h2-4,13-14,26,31H,5-12H2,1H3. The van der Waals surface area contributed by atoms with E-state index in [9.17, 15) is 13.2 Å². The summed E-state index contributed by atoms with van der Waals surface area (Å²) in [5.74, 6) is 0.773. The molecule has 1 fully saturated rings. The number of ether oxygens (including phenoxy) is 1. The van der Waals surface area contributed by atoms with E-state index in [0.717, 1.165) is 36.4 Å². The monoisotopic (exact) mass is 449 g/mol. The minimum atomic E-state index is -4.40. The highest BCUT2D eigenvalue weighted by Crippen LogP contribution is 2.34. The van der Waals surface area contributed by atoms with Crippen molar-refractivity contribution in [3.8, 4) is 0 Å². The number of imidazole rings is 1. The van der Waals surface area contributed by atoms with Gasteiger partial charge >= 0.3 is 6.18 Å². The van der Waals surface area contributed by atoms with Gasteiger partial charge in [-0.25, -0.2) is 9.97 Å². The Bertz CT molecular complexity index is 1080. The van der Waals surface area contributed by atoms with E-state index in [-0.39, 0.29) is 12.2 Å². The van der Waals surface area contributed by atoms with Gasteiger partial charge in [-0.3, -0.25) is 4.40 Å². The summed E-state index contributed by atoms with van der Waals surface area (Å²) in [6.07, 6.45) is -0.539. The molecule has 32 heavy (non-hydrogen) atoms. The van der Waals surface area contributed by atoms with Crippen LogP contribution in [0.5, 0.6) is 0 Å². The number of fused-ring (bicyclic) bond motifs is 1. The normalized spacial score (nSPS) is 15.0. The molecule has 172 valence electrons. The molecule has 0 saturated carbocycles. The highest BCUT2D eigenvalue weighted by molar-refractivity contribution is 5.49. The summed E-state index contributed by atoms with van der Waals surface area (Å²) >= 11 is 0. The van der Waals surface area contributed by atoms with Crippen LogP contribution in [-0.2, 0) is 23.9 Å². The number of hydrogen-bond donors (Lipinski definition) is 2. The van der Waals surface area contributed by atoms with Crippen LogP contribution in [0, 0.1) is 6.92 Å². The van der Waals surface area contributed by atoms with E-state index in [4.69, 9.17) is 9.84 Å². The number of halogens is 3. The molecule has 2 aromatic heterocycles. The van der Waals surface area contributed by atoms with E-state index in [1.807, 2.05) is 10.6 Å². The summed E-state index contributed by atoms with van der Waals surface area (Å²) in [6.45, 7) is 4.96. The van der Waals surface area contributed by atoms with Crippen LogP contribution < -0.4 is 10.2 Å². The van der Waals surface area contributed by atoms with E-state index in [0.29, 0.717) is 43.9 Å². The van der Waals surface area contributed by atoms with Gasteiger partial charge in [0.05, 0.1) is 49.2 Å². The van der Waals surface area contributed by atoms with Gasteiger partial charge in [-0.1, -0.05) is 12.1 Å². The van der Waals surface area contributed by atoms with Crippen molar-refractivity contribution in [2.24, 2.45) is 0 Å². The summed E-state index contributed by atoms with van der Waals surface area (Å²) in [5, 5.41) is 12.2. The van der Waals surface area contributed by atoms with Crippen LogP contribution >= 0.6 is 0 Å². The number of hydrogen-bond acceptors (Lipinski definition) is 6. The van der Waals surface area contributed by atoms with Crippen molar-refractivity contribution in [2.75, 3.05) is 44.4 Å². The Labute approximate surface area is 183 Å². The average Bonchev–Trinajstić information content (AvgIpc) is 3.11. The molecule has 0 bridgehead atoms. The molecule has 3 heterocycles. The second-order valence-electron chi connectivity index (χ2n) is 7.74. The minimum Gasteiger partial charge on any atom is -0.395 e. The largest absolute Gasteiger partial charge is 0.416 e. The number of nitrogens with one attached hydrogen (secondary N) is 1. The lowest BCUT2D eigenvalue weighted by Gasteiger charge is -2.27. The van der Waals surface area contributed by atoms with Gasteiger partial charge in [-0.2, -0.15) is 13.2 Å². The highest BCUT2D eigenvalue weighted by atomic mass is 19.4. The van der Waals surface area contributed by atoms with Crippen LogP contribution in [0.25, 0.3) is 5.65 Å². The molecule has 2 N–H and O–H groups in total. The van der Waals surface area contributed by atoms with Crippen molar-refractivity contribution in [2.45, 2.75) is 26.1 Å². The Kier molecular flexibility index (Phi) is 6.63. The van der Waals surface area contributed by atoms with Gasteiger partial charge in [0.2, 0.25) is 0 Å². The van der Waals surface area contributed by atoms with Crippen molar-refractivity contribution >= 4 is 11.5 Å². The molecule has 0 atom stereocenters. The molecular weight excluding hydrogens is 423 g/mol. The molecule has 3 aromatic rings. The minimum absolute atomic E-state index is 0.0157. The lowest BCUT2D eigenvalue weighted by molar-refractivity contribution is -0.138. The third-order valence-corrected chi connectivity index (χ3v) is 5.70. The van der Waals surface area contributed by atoms with Crippen LogP contribution in [0.2, 0.25) is 0 Å². The van der Waals surface area contributed by atoms with Crippen molar-refractivity contribution in [3.63, 3.8) is 0 Å². The van der Waals surface area contributed by atoms with Gasteiger partial charge in [0.15, 0.2) is 5.65 Å². The Morgan fingerprint density at radius 3 is 2.72 bits per heavy atom. The fourth-order valence-electron chi connectivity index (χ4n) is 3.97. The molecule has 1 aliphatic rings. The van der Waals surface area contributed by atoms with Crippen LogP contribution in [0.15, 0.2) is 30.6 Å². The molecular formula is C22H26F3N5O2. The lowest BCUT2D eigenvalue weighted by Crippen LogP contribution is -2.36. The number of rotatable bonds is 7. The first-order valence-corrected chi connectivity index (χ1v) is 10.5. The SMILES string of the molecule is Cc1c(Cc2c(CNCCO)nc3cnc(N4CCOCC4)cn23)cccc1C(F)(F)F.